The van der Waals surface area contributed by atoms with Crippen LogP contribution in [0, 0.1) is 5.92 Å². The first-order valence-corrected chi connectivity index (χ1v) is 10.9. The molecule has 0 saturated heterocycles. The van der Waals surface area contributed by atoms with Crippen LogP contribution in [0.4, 0.5) is 0 Å². The number of hydrogen-bond acceptors (Lipinski definition) is 1. The predicted molar refractivity (Wildman–Crippen MR) is 105 cm³/mol. The lowest BCUT2D eigenvalue weighted by atomic mass is 10.0. The number of rotatable bonds is 19. The Balaban J connectivity index is 2.97. The summed E-state index contributed by atoms with van der Waals surface area (Å²) >= 11 is 0. The number of aliphatic hydroxyl groups excluding tert-OH is 1. The zero-order valence-electron chi connectivity index (χ0n) is 16.5. The molecule has 0 aliphatic heterocycles. The SMILES string of the molecule is CCCCCCCCCCCCCCCCCCCC(C)CO. The lowest BCUT2D eigenvalue weighted by Gasteiger charge is -2.07. The lowest BCUT2D eigenvalue weighted by molar-refractivity contribution is 0.227. The maximum atomic E-state index is 8.97. The largest absolute Gasteiger partial charge is 0.396 e. The van der Waals surface area contributed by atoms with Crippen LogP contribution >= 0.6 is 0 Å². The molecule has 1 unspecified atom stereocenters. The van der Waals surface area contributed by atoms with E-state index in [1.807, 2.05) is 0 Å². The van der Waals surface area contributed by atoms with Crippen LogP contribution in [0.5, 0.6) is 0 Å². The van der Waals surface area contributed by atoms with Crippen LogP contribution in [0.1, 0.15) is 129 Å². The van der Waals surface area contributed by atoms with Crippen molar-refractivity contribution in [2.75, 3.05) is 6.61 Å². The summed E-state index contributed by atoms with van der Waals surface area (Å²) in [6.07, 6.45) is 25.6. The van der Waals surface area contributed by atoms with Crippen molar-refractivity contribution >= 4 is 0 Å². The Kier molecular flexibility index (Phi) is 20.0. The van der Waals surface area contributed by atoms with Gasteiger partial charge in [-0.1, -0.05) is 123 Å². The van der Waals surface area contributed by atoms with Gasteiger partial charge >= 0.3 is 0 Å². The van der Waals surface area contributed by atoms with Crippen molar-refractivity contribution in [1.29, 1.82) is 0 Å². The van der Waals surface area contributed by atoms with E-state index in [1.165, 1.54) is 116 Å². The van der Waals surface area contributed by atoms with Gasteiger partial charge in [0, 0.05) is 6.61 Å². The van der Waals surface area contributed by atoms with E-state index in [2.05, 4.69) is 13.8 Å². The summed E-state index contributed by atoms with van der Waals surface area (Å²) in [4.78, 5) is 0. The fourth-order valence-corrected chi connectivity index (χ4v) is 3.31. The van der Waals surface area contributed by atoms with Crippen LogP contribution in [0.2, 0.25) is 0 Å². The Labute approximate surface area is 147 Å². The van der Waals surface area contributed by atoms with Gasteiger partial charge in [-0.2, -0.15) is 0 Å². The number of hydrogen-bond donors (Lipinski definition) is 1. The number of aliphatic hydroxyl groups is 1. The molecule has 1 N–H and O–H groups in total. The van der Waals surface area contributed by atoms with Crippen molar-refractivity contribution < 1.29 is 5.11 Å². The smallest absolute Gasteiger partial charge is 0.0456 e. The zero-order valence-corrected chi connectivity index (χ0v) is 16.5. The fraction of sp³-hybridized carbons (Fsp3) is 1.00. The maximum Gasteiger partial charge on any atom is 0.0456 e. The second-order valence-corrected chi connectivity index (χ2v) is 7.73. The molecule has 0 fully saturated rings. The molecule has 23 heavy (non-hydrogen) atoms. The van der Waals surface area contributed by atoms with Gasteiger partial charge in [0.2, 0.25) is 0 Å². The van der Waals surface area contributed by atoms with Crippen molar-refractivity contribution in [3.8, 4) is 0 Å². The average Bonchev–Trinajstić information content (AvgIpc) is 2.57. The predicted octanol–water partition coefficient (Wildman–Crippen LogP) is 7.66. The standard InChI is InChI=1S/C22H46O/c1-3-4-5-6-7-8-9-10-11-12-13-14-15-16-17-18-19-20-22(2)21-23/h22-23H,3-21H2,1-2H3. The summed E-state index contributed by atoms with van der Waals surface area (Å²) in [5.74, 6) is 0.506. The van der Waals surface area contributed by atoms with Gasteiger partial charge in [0.05, 0.1) is 0 Å². The second-order valence-electron chi connectivity index (χ2n) is 7.73. The van der Waals surface area contributed by atoms with Gasteiger partial charge in [-0.15, -0.1) is 0 Å². The first kappa shape index (κ1) is 23.0. The van der Waals surface area contributed by atoms with Crippen LogP contribution in [0.3, 0.4) is 0 Å². The van der Waals surface area contributed by atoms with Crippen molar-refractivity contribution in [2.24, 2.45) is 5.92 Å². The first-order valence-electron chi connectivity index (χ1n) is 10.9. The molecule has 0 aliphatic carbocycles. The quantitative estimate of drug-likeness (QED) is 0.242. The molecule has 1 atom stereocenters. The van der Waals surface area contributed by atoms with Crippen LogP contribution in [-0.2, 0) is 0 Å². The summed E-state index contributed by atoms with van der Waals surface area (Å²) in [5.41, 5.74) is 0. The van der Waals surface area contributed by atoms with Crippen LogP contribution < -0.4 is 0 Å². The Morgan fingerprint density at radius 3 is 1.13 bits per heavy atom. The minimum absolute atomic E-state index is 0.360. The number of unbranched alkanes of at least 4 members (excludes halogenated alkanes) is 16. The molecule has 0 saturated carbocycles. The first-order chi connectivity index (χ1) is 11.3. The van der Waals surface area contributed by atoms with Crippen molar-refractivity contribution in [3.05, 3.63) is 0 Å². The van der Waals surface area contributed by atoms with E-state index in [-0.39, 0.29) is 0 Å². The van der Waals surface area contributed by atoms with Crippen molar-refractivity contribution in [2.45, 2.75) is 129 Å². The van der Waals surface area contributed by atoms with Crippen LogP contribution in [0.15, 0.2) is 0 Å². The minimum Gasteiger partial charge on any atom is -0.396 e. The third-order valence-corrected chi connectivity index (χ3v) is 5.11. The highest BCUT2D eigenvalue weighted by atomic mass is 16.3. The van der Waals surface area contributed by atoms with Crippen LogP contribution in [-0.4, -0.2) is 11.7 Å². The topological polar surface area (TPSA) is 20.2 Å². The molecule has 0 heterocycles. The molecule has 1 nitrogen and oxygen atoms in total. The van der Waals surface area contributed by atoms with Gasteiger partial charge in [0.15, 0.2) is 0 Å². The van der Waals surface area contributed by atoms with E-state index in [1.54, 1.807) is 0 Å². The Morgan fingerprint density at radius 1 is 0.522 bits per heavy atom. The molecule has 0 rings (SSSR count). The Morgan fingerprint density at radius 2 is 0.826 bits per heavy atom. The fourth-order valence-electron chi connectivity index (χ4n) is 3.31. The monoisotopic (exact) mass is 326 g/mol. The maximum absolute atomic E-state index is 8.97. The van der Waals surface area contributed by atoms with Gasteiger partial charge in [0.25, 0.3) is 0 Å². The van der Waals surface area contributed by atoms with E-state index in [9.17, 15) is 0 Å². The van der Waals surface area contributed by atoms with Crippen molar-refractivity contribution in [1.82, 2.24) is 0 Å². The molecule has 0 radical (unpaired) electrons. The molecular weight excluding hydrogens is 280 g/mol. The summed E-state index contributed by atoms with van der Waals surface area (Å²) in [6, 6.07) is 0. The van der Waals surface area contributed by atoms with E-state index in [4.69, 9.17) is 5.11 Å². The minimum atomic E-state index is 0.360. The molecule has 140 valence electrons. The highest BCUT2D eigenvalue weighted by Crippen LogP contribution is 2.15. The van der Waals surface area contributed by atoms with E-state index in [0.29, 0.717) is 12.5 Å². The van der Waals surface area contributed by atoms with E-state index < -0.39 is 0 Å². The van der Waals surface area contributed by atoms with Crippen LogP contribution in [0.25, 0.3) is 0 Å². The molecule has 0 aliphatic rings. The molecule has 0 amide bonds. The summed E-state index contributed by atoms with van der Waals surface area (Å²) in [5, 5.41) is 8.97. The summed E-state index contributed by atoms with van der Waals surface area (Å²) in [6.45, 7) is 4.80. The third-order valence-electron chi connectivity index (χ3n) is 5.11. The third kappa shape index (κ3) is 19.9. The zero-order chi connectivity index (χ0) is 17.0. The Hall–Kier alpha value is -0.0400. The Bertz CT molecular complexity index is 202. The highest BCUT2D eigenvalue weighted by Gasteiger charge is 1.99. The molecule has 0 spiro atoms. The molecule has 0 aromatic heterocycles. The van der Waals surface area contributed by atoms with E-state index >= 15 is 0 Å². The van der Waals surface area contributed by atoms with Gasteiger partial charge in [-0.3, -0.25) is 0 Å². The average molecular weight is 327 g/mol. The van der Waals surface area contributed by atoms with Crippen molar-refractivity contribution in [3.63, 3.8) is 0 Å². The molecule has 0 aromatic rings. The lowest BCUT2D eigenvalue weighted by Crippen LogP contribution is -1.99. The molecule has 0 bridgehead atoms. The summed E-state index contributed by atoms with van der Waals surface area (Å²) < 4.78 is 0. The summed E-state index contributed by atoms with van der Waals surface area (Å²) in [7, 11) is 0. The molecular formula is C22H46O. The van der Waals surface area contributed by atoms with Gasteiger partial charge in [-0.05, 0) is 12.3 Å². The van der Waals surface area contributed by atoms with E-state index in [0.717, 1.165) is 0 Å². The van der Waals surface area contributed by atoms with Gasteiger partial charge in [0.1, 0.15) is 0 Å². The highest BCUT2D eigenvalue weighted by molar-refractivity contribution is 4.53. The van der Waals surface area contributed by atoms with Gasteiger partial charge < -0.3 is 5.11 Å². The molecule has 1 heteroatoms. The molecule has 0 aromatic carbocycles. The second kappa shape index (κ2) is 20.0. The normalized spacial score (nSPS) is 12.7. The van der Waals surface area contributed by atoms with Gasteiger partial charge in [-0.25, -0.2) is 0 Å².